The third kappa shape index (κ3) is 8.49. The Morgan fingerprint density at radius 3 is 2.52 bits per heavy atom. The van der Waals surface area contributed by atoms with Crippen molar-refractivity contribution in [3.8, 4) is 0 Å². The molecule has 0 bridgehead atoms. The van der Waals surface area contributed by atoms with E-state index in [2.05, 4.69) is 35.7 Å². The number of aliphatic imine (C=N–C) groups is 1. The summed E-state index contributed by atoms with van der Waals surface area (Å²) in [4.78, 5) is 4.58. The fourth-order valence-electron chi connectivity index (χ4n) is 1.95. The van der Waals surface area contributed by atoms with E-state index in [0.29, 0.717) is 18.1 Å². The molecule has 1 rings (SSSR count). The predicted octanol–water partition coefficient (Wildman–Crippen LogP) is 1.74. The molecular weight excluding hydrogens is 421 g/mol. The van der Waals surface area contributed by atoms with E-state index in [4.69, 9.17) is 0 Å². The van der Waals surface area contributed by atoms with Gasteiger partial charge in [0.15, 0.2) is 15.8 Å². The van der Waals surface area contributed by atoms with Crippen LogP contribution in [0, 0.1) is 5.92 Å². The summed E-state index contributed by atoms with van der Waals surface area (Å²) in [6.45, 7) is 8.55. The standard InChI is InChI=1S/C13H27N3O2S2.HI/c1-5-14-12(16-10-13(2,3)19-4)15-8-11-6-7-20(17,18)9-11;/h11H,5-10H2,1-4H3,(H2,14,15,16);1H. The Labute approximate surface area is 150 Å². The van der Waals surface area contributed by atoms with Gasteiger partial charge in [0.2, 0.25) is 0 Å². The van der Waals surface area contributed by atoms with Gasteiger partial charge in [-0.1, -0.05) is 0 Å². The molecule has 126 valence electrons. The number of hydrogen-bond acceptors (Lipinski definition) is 4. The largest absolute Gasteiger partial charge is 0.357 e. The van der Waals surface area contributed by atoms with Crippen LogP contribution in [0.15, 0.2) is 4.99 Å². The molecule has 1 heterocycles. The smallest absolute Gasteiger partial charge is 0.191 e. The molecule has 0 aromatic heterocycles. The zero-order valence-corrected chi connectivity index (χ0v) is 17.3. The molecule has 0 aromatic carbocycles. The average Bonchev–Trinajstić information content (AvgIpc) is 2.72. The Balaban J connectivity index is 0.00000400. The third-order valence-corrected chi connectivity index (χ3v) is 6.47. The fourth-order valence-corrected chi connectivity index (χ4v) is 4.01. The lowest BCUT2D eigenvalue weighted by Crippen LogP contribution is -2.41. The van der Waals surface area contributed by atoms with Gasteiger partial charge in [-0.25, -0.2) is 8.42 Å². The SMILES string of the molecule is CCNC(=NCC(C)(C)SC)NCC1CCS(=O)(=O)C1.I. The van der Waals surface area contributed by atoms with Gasteiger partial charge in [-0.05, 0) is 39.4 Å². The highest BCUT2D eigenvalue weighted by Gasteiger charge is 2.27. The molecule has 1 unspecified atom stereocenters. The van der Waals surface area contributed by atoms with E-state index in [-0.39, 0.29) is 34.6 Å². The molecule has 2 N–H and O–H groups in total. The molecule has 0 aromatic rings. The van der Waals surface area contributed by atoms with E-state index in [0.717, 1.165) is 25.5 Å². The molecule has 1 atom stereocenters. The Morgan fingerprint density at radius 2 is 2.05 bits per heavy atom. The van der Waals surface area contributed by atoms with Gasteiger partial charge in [0.1, 0.15) is 0 Å². The maximum Gasteiger partial charge on any atom is 0.191 e. The predicted molar refractivity (Wildman–Crippen MR) is 104 cm³/mol. The van der Waals surface area contributed by atoms with Crippen LogP contribution in [-0.4, -0.2) is 56.5 Å². The lowest BCUT2D eigenvalue weighted by molar-refractivity contribution is 0.566. The van der Waals surface area contributed by atoms with Crippen LogP contribution in [0.1, 0.15) is 27.2 Å². The number of nitrogens with one attached hydrogen (secondary N) is 2. The van der Waals surface area contributed by atoms with E-state index >= 15 is 0 Å². The van der Waals surface area contributed by atoms with Gasteiger partial charge in [0.25, 0.3) is 0 Å². The molecule has 21 heavy (non-hydrogen) atoms. The van der Waals surface area contributed by atoms with Crippen molar-refractivity contribution in [3.63, 3.8) is 0 Å². The van der Waals surface area contributed by atoms with Crippen molar-refractivity contribution >= 4 is 51.5 Å². The van der Waals surface area contributed by atoms with Crippen LogP contribution < -0.4 is 10.6 Å². The number of halogens is 1. The molecule has 0 saturated carbocycles. The summed E-state index contributed by atoms with van der Waals surface area (Å²) in [5.74, 6) is 1.61. The summed E-state index contributed by atoms with van der Waals surface area (Å²) < 4.78 is 23.0. The molecule has 0 aliphatic carbocycles. The maximum absolute atomic E-state index is 11.4. The average molecular weight is 449 g/mol. The summed E-state index contributed by atoms with van der Waals surface area (Å²) in [7, 11) is -2.80. The fraction of sp³-hybridized carbons (Fsp3) is 0.923. The molecule has 1 aliphatic rings. The molecule has 8 heteroatoms. The van der Waals surface area contributed by atoms with Crippen LogP contribution in [0.25, 0.3) is 0 Å². The number of guanidine groups is 1. The van der Waals surface area contributed by atoms with E-state index in [1.165, 1.54) is 0 Å². The topological polar surface area (TPSA) is 70.6 Å². The number of rotatable bonds is 6. The van der Waals surface area contributed by atoms with Crippen LogP contribution in [0.5, 0.6) is 0 Å². The molecule has 0 amide bonds. The highest BCUT2D eigenvalue weighted by atomic mass is 127. The second kappa shape index (κ2) is 9.44. The van der Waals surface area contributed by atoms with Crippen molar-refractivity contribution in [2.24, 2.45) is 10.9 Å². The Kier molecular flexibility index (Phi) is 9.58. The maximum atomic E-state index is 11.4. The quantitative estimate of drug-likeness (QED) is 0.367. The zero-order valence-electron chi connectivity index (χ0n) is 13.3. The Hall–Kier alpha value is 0.300. The zero-order chi connectivity index (χ0) is 15.2. The molecule has 1 saturated heterocycles. The summed E-state index contributed by atoms with van der Waals surface area (Å²) >= 11 is 1.79. The van der Waals surface area contributed by atoms with Gasteiger partial charge in [-0.15, -0.1) is 24.0 Å². The van der Waals surface area contributed by atoms with Crippen LogP contribution >= 0.6 is 35.7 Å². The van der Waals surface area contributed by atoms with Crippen molar-refractivity contribution in [1.29, 1.82) is 0 Å². The lowest BCUT2D eigenvalue weighted by atomic mass is 10.1. The highest BCUT2D eigenvalue weighted by molar-refractivity contribution is 14.0. The molecule has 1 fully saturated rings. The number of thioether (sulfide) groups is 1. The second-order valence-electron chi connectivity index (χ2n) is 5.81. The summed E-state index contributed by atoms with van der Waals surface area (Å²) in [6, 6.07) is 0. The van der Waals surface area contributed by atoms with Crippen molar-refractivity contribution in [1.82, 2.24) is 10.6 Å². The van der Waals surface area contributed by atoms with E-state index < -0.39 is 9.84 Å². The van der Waals surface area contributed by atoms with Gasteiger partial charge < -0.3 is 10.6 Å². The van der Waals surface area contributed by atoms with Gasteiger partial charge >= 0.3 is 0 Å². The van der Waals surface area contributed by atoms with Gasteiger partial charge in [0.05, 0.1) is 18.1 Å². The number of sulfone groups is 1. The monoisotopic (exact) mass is 449 g/mol. The molecule has 1 aliphatic heterocycles. The van der Waals surface area contributed by atoms with Crippen LogP contribution in [-0.2, 0) is 9.84 Å². The molecule has 0 radical (unpaired) electrons. The van der Waals surface area contributed by atoms with Crippen LogP contribution in [0.3, 0.4) is 0 Å². The van der Waals surface area contributed by atoms with Gasteiger partial charge in [-0.2, -0.15) is 11.8 Å². The molecule has 0 spiro atoms. The van der Waals surface area contributed by atoms with E-state index in [1.54, 1.807) is 11.8 Å². The Bertz CT molecular complexity index is 439. The summed E-state index contributed by atoms with van der Waals surface area (Å²) in [5.41, 5.74) is 0. The number of hydrogen-bond donors (Lipinski definition) is 2. The summed E-state index contributed by atoms with van der Waals surface area (Å²) in [5, 5.41) is 6.47. The van der Waals surface area contributed by atoms with Crippen molar-refractivity contribution in [3.05, 3.63) is 0 Å². The minimum Gasteiger partial charge on any atom is -0.357 e. The molecule has 5 nitrogen and oxygen atoms in total. The second-order valence-corrected chi connectivity index (χ2v) is 9.55. The van der Waals surface area contributed by atoms with Crippen molar-refractivity contribution < 1.29 is 8.42 Å². The van der Waals surface area contributed by atoms with Crippen LogP contribution in [0.4, 0.5) is 0 Å². The van der Waals surface area contributed by atoms with Crippen molar-refractivity contribution in [2.45, 2.75) is 31.9 Å². The number of nitrogens with zero attached hydrogens (tertiary/aromatic N) is 1. The minimum absolute atomic E-state index is 0. The first-order valence-corrected chi connectivity index (χ1v) is 10.1. The van der Waals surface area contributed by atoms with E-state index in [1.807, 2.05) is 6.92 Å². The van der Waals surface area contributed by atoms with Gasteiger partial charge in [0, 0.05) is 17.8 Å². The highest BCUT2D eigenvalue weighted by Crippen LogP contribution is 2.21. The van der Waals surface area contributed by atoms with Gasteiger partial charge in [-0.3, -0.25) is 4.99 Å². The Morgan fingerprint density at radius 1 is 1.38 bits per heavy atom. The first-order valence-electron chi connectivity index (χ1n) is 7.06. The first kappa shape index (κ1) is 21.3. The third-order valence-electron chi connectivity index (χ3n) is 3.40. The van der Waals surface area contributed by atoms with Crippen molar-refractivity contribution in [2.75, 3.05) is 37.4 Å². The van der Waals surface area contributed by atoms with Crippen LogP contribution in [0.2, 0.25) is 0 Å². The lowest BCUT2D eigenvalue weighted by Gasteiger charge is -2.21. The first-order chi connectivity index (χ1) is 9.28. The molecular formula is C13H28IN3O2S2. The summed E-state index contributed by atoms with van der Waals surface area (Å²) in [6.07, 6.45) is 2.84. The minimum atomic E-state index is -2.80. The normalized spacial score (nSPS) is 21.7. The van der Waals surface area contributed by atoms with E-state index in [9.17, 15) is 8.42 Å².